The van der Waals surface area contributed by atoms with Gasteiger partial charge in [0.2, 0.25) is 0 Å². The zero-order valence-corrected chi connectivity index (χ0v) is 16.2. The number of carboxylic acids is 1. The Bertz CT molecular complexity index is 316. The first-order valence-electron chi connectivity index (χ1n) is 7.98. The number of carboxylic acid groups (broad SMARTS) is 1. The Balaban J connectivity index is 0. The minimum atomic E-state index is -1.11. The molecule has 0 aromatic heterocycles. The summed E-state index contributed by atoms with van der Waals surface area (Å²) in [6.45, 7) is 15.1. The van der Waals surface area contributed by atoms with Crippen LogP contribution in [0.1, 0.15) is 61.3 Å². The van der Waals surface area contributed by atoms with Crippen LogP contribution in [0.25, 0.3) is 0 Å². The number of carbonyl (C=O) groups excluding carboxylic acids is 1. The molecular formula is C18H33AlO2. The maximum atomic E-state index is 10.1. The van der Waals surface area contributed by atoms with Crippen LogP contribution in [0.2, 0.25) is 10.6 Å². The standard InChI is InChI=1S/C10H16O2.2C4H9.Al/c1-8(2)5-4-6-9(3)7-10(11)12;2*1-4(2)3;/h5,7H,4,6H2,1-3H3,(H,11,12);2*4H,1H2,2-3H3;/q;;;+1/p-1/b9-7+;;;. The summed E-state index contributed by atoms with van der Waals surface area (Å²) in [5.74, 6) is 0.752. The summed E-state index contributed by atoms with van der Waals surface area (Å²) in [6, 6.07) is 0. The second-order valence-electron chi connectivity index (χ2n) is 6.68. The van der Waals surface area contributed by atoms with Gasteiger partial charge in [-0.25, -0.2) is 0 Å². The molecule has 0 saturated heterocycles. The van der Waals surface area contributed by atoms with Gasteiger partial charge in [-0.1, -0.05) is 17.2 Å². The molecule has 0 fully saturated rings. The van der Waals surface area contributed by atoms with E-state index in [0.717, 1.165) is 51.5 Å². The molecule has 0 heterocycles. The van der Waals surface area contributed by atoms with Gasteiger partial charge < -0.3 is 9.90 Å². The predicted octanol–water partition coefficient (Wildman–Crippen LogP) is 4.27. The van der Waals surface area contributed by atoms with Gasteiger partial charge in [0, 0.05) is 0 Å². The van der Waals surface area contributed by atoms with Gasteiger partial charge in [0.15, 0.2) is 0 Å². The molecule has 0 unspecified atom stereocenters. The molecule has 0 aliphatic carbocycles. The summed E-state index contributed by atoms with van der Waals surface area (Å²) in [6.07, 6.45) is 4.93. The summed E-state index contributed by atoms with van der Waals surface area (Å²) in [4.78, 5) is 10.1. The average Bonchev–Trinajstić information content (AvgIpc) is 2.26. The SMILES string of the molecule is CC(C)=CCC/C(C)=C/C(=O)[O-].CC(C)[CH2][Al+][CH2]C(C)C. The van der Waals surface area contributed by atoms with Crippen molar-refractivity contribution in [2.75, 3.05) is 0 Å². The Morgan fingerprint density at radius 1 is 1.05 bits per heavy atom. The summed E-state index contributed by atoms with van der Waals surface area (Å²) in [7, 11) is 0. The molecule has 0 bridgehead atoms. The first kappa shape index (κ1) is 22.8. The topological polar surface area (TPSA) is 40.1 Å². The molecule has 0 aliphatic heterocycles. The maximum absolute atomic E-state index is 10.1. The number of aliphatic carboxylic acids is 1. The number of rotatable bonds is 8. The van der Waals surface area contributed by atoms with Gasteiger partial charge in [0.25, 0.3) is 0 Å². The number of hydrogen-bond acceptors (Lipinski definition) is 2. The van der Waals surface area contributed by atoms with E-state index in [4.69, 9.17) is 0 Å². The van der Waals surface area contributed by atoms with Crippen molar-refractivity contribution in [1.82, 2.24) is 0 Å². The fraction of sp³-hybridized carbons (Fsp3) is 0.722. The van der Waals surface area contributed by atoms with Gasteiger partial charge in [0.1, 0.15) is 0 Å². The van der Waals surface area contributed by atoms with E-state index in [-0.39, 0.29) is 0 Å². The molecule has 3 heteroatoms. The van der Waals surface area contributed by atoms with Crippen molar-refractivity contribution in [2.24, 2.45) is 11.8 Å². The Morgan fingerprint density at radius 3 is 1.86 bits per heavy atom. The second-order valence-corrected chi connectivity index (χ2v) is 8.20. The van der Waals surface area contributed by atoms with Crippen molar-refractivity contribution < 1.29 is 9.90 Å². The quantitative estimate of drug-likeness (QED) is 0.382. The van der Waals surface area contributed by atoms with Crippen LogP contribution in [0.5, 0.6) is 0 Å². The van der Waals surface area contributed by atoms with Crippen LogP contribution >= 0.6 is 0 Å². The Kier molecular flexibility index (Phi) is 15.6. The van der Waals surface area contributed by atoms with E-state index in [2.05, 4.69) is 33.8 Å². The van der Waals surface area contributed by atoms with Crippen LogP contribution in [-0.4, -0.2) is 21.2 Å². The van der Waals surface area contributed by atoms with Crippen LogP contribution < -0.4 is 5.11 Å². The molecule has 120 valence electrons. The van der Waals surface area contributed by atoms with Crippen molar-refractivity contribution in [3.63, 3.8) is 0 Å². The molecular weight excluding hydrogens is 275 g/mol. The predicted molar refractivity (Wildman–Crippen MR) is 92.5 cm³/mol. The summed E-state index contributed by atoms with van der Waals surface area (Å²) in [5.41, 5.74) is 2.11. The molecule has 0 N–H and O–H groups in total. The van der Waals surface area contributed by atoms with Gasteiger partial charge >= 0.3 is 65.3 Å². The van der Waals surface area contributed by atoms with Crippen molar-refractivity contribution in [1.29, 1.82) is 0 Å². The van der Waals surface area contributed by atoms with Crippen LogP contribution in [0, 0.1) is 11.8 Å². The molecule has 0 aliphatic rings. The van der Waals surface area contributed by atoms with E-state index in [9.17, 15) is 9.90 Å². The van der Waals surface area contributed by atoms with E-state index in [1.54, 1.807) is 6.92 Å². The summed E-state index contributed by atoms with van der Waals surface area (Å²) in [5, 5.41) is 13.1. The van der Waals surface area contributed by atoms with Gasteiger partial charge in [0.05, 0.1) is 5.97 Å². The van der Waals surface area contributed by atoms with Gasteiger partial charge in [-0.05, 0) is 39.7 Å². The third kappa shape index (κ3) is 24.8. The molecule has 0 radical (unpaired) electrons. The molecule has 0 atom stereocenters. The summed E-state index contributed by atoms with van der Waals surface area (Å²) < 4.78 is 0. The van der Waals surface area contributed by atoms with Crippen molar-refractivity contribution >= 4 is 21.2 Å². The van der Waals surface area contributed by atoms with Crippen molar-refractivity contribution in [2.45, 2.75) is 71.9 Å². The van der Waals surface area contributed by atoms with Crippen LogP contribution in [-0.2, 0) is 4.79 Å². The molecule has 0 amide bonds. The fourth-order valence-corrected chi connectivity index (χ4v) is 3.15. The fourth-order valence-electron chi connectivity index (χ4n) is 1.62. The van der Waals surface area contributed by atoms with Crippen LogP contribution in [0.4, 0.5) is 0 Å². The molecule has 0 rings (SSSR count). The number of hydrogen-bond donors (Lipinski definition) is 0. The van der Waals surface area contributed by atoms with Crippen LogP contribution in [0.15, 0.2) is 23.3 Å². The Hall–Kier alpha value is -0.518. The van der Waals surface area contributed by atoms with Crippen molar-refractivity contribution in [3.8, 4) is 0 Å². The first-order valence-corrected chi connectivity index (χ1v) is 9.61. The Morgan fingerprint density at radius 2 is 1.52 bits per heavy atom. The number of carbonyl (C=O) groups is 1. The zero-order chi connectivity index (χ0) is 16.8. The number of allylic oxidation sites excluding steroid dienone is 3. The molecule has 21 heavy (non-hydrogen) atoms. The second kappa shape index (κ2) is 14.4. The first-order chi connectivity index (χ1) is 9.65. The molecule has 2 nitrogen and oxygen atoms in total. The van der Waals surface area contributed by atoms with E-state index in [1.165, 1.54) is 16.1 Å². The average molecular weight is 308 g/mol. The normalized spacial score (nSPS) is 10.8. The summed E-state index contributed by atoms with van der Waals surface area (Å²) >= 11 is 0.755. The molecule has 0 saturated carbocycles. The van der Waals surface area contributed by atoms with Crippen LogP contribution in [0.3, 0.4) is 0 Å². The Labute approximate surface area is 138 Å². The molecule has 0 spiro atoms. The molecule has 0 aromatic rings. The molecule has 0 aromatic carbocycles. The van der Waals surface area contributed by atoms with Gasteiger partial charge in [-0.3, -0.25) is 0 Å². The van der Waals surface area contributed by atoms with E-state index in [1.807, 2.05) is 13.8 Å². The third-order valence-electron chi connectivity index (χ3n) is 2.73. The minimum absolute atomic E-state index is 0.755. The van der Waals surface area contributed by atoms with E-state index >= 15 is 0 Å². The third-order valence-corrected chi connectivity index (χ3v) is 5.28. The van der Waals surface area contributed by atoms with E-state index in [0.29, 0.717) is 0 Å². The van der Waals surface area contributed by atoms with Gasteiger partial charge in [-0.15, -0.1) is 0 Å². The van der Waals surface area contributed by atoms with Crippen molar-refractivity contribution in [3.05, 3.63) is 23.3 Å². The van der Waals surface area contributed by atoms with Gasteiger partial charge in [-0.2, -0.15) is 0 Å². The zero-order valence-electron chi connectivity index (χ0n) is 15.0. The van der Waals surface area contributed by atoms with E-state index < -0.39 is 5.97 Å². The monoisotopic (exact) mass is 308 g/mol.